The van der Waals surface area contributed by atoms with Gasteiger partial charge in [-0.25, -0.2) is 22.5 Å². The van der Waals surface area contributed by atoms with Crippen LogP contribution in [0.5, 0.6) is 0 Å². The molecule has 4 heterocycles. The van der Waals surface area contributed by atoms with Crippen LogP contribution in [0.4, 0.5) is 17.6 Å². The second-order valence-corrected chi connectivity index (χ2v) is 6.80. The lowest BCUT2D eigenvalue weighted by atomic mass is 9.93. The zero-order chi connectivity index (χ0) is 19.5. The number of fused-ring (bicyclic) bond motifs is 2. The molecule has 0 amide bonds. The number of H-pyrrole nitrogens is 1. The Kier molecular flexibility index (Phi) is 3.55. The number of hydrogen-bond donors (Lipinski definition) is 1. The molecule has 5 nitrogen and oxygen atoms in total. The number of nitrogens with zero attached hydrogens (tertiary/aromatic N) is 4. The molecule has 0 aliphatic carbocycles. The molecule has 5 rings (SSSR count). The van der Waals surface area contributed by atoms with E-state index in [1.807, 2.05) is 0 Å². The highest BCUT2D eigenvalue weighted by Crippen LogP contribution is 2.43. The van der Waals surface area contributed by atoms with Gasteiger partial charge in [-0.1, -0.05) is 0 Å². The highest BCUT2D eigenvalue weighted by atomic mass is 19.3. The van der Waals surface area contributed by atoms with Crippen LogP contribution in [0.2, 0.25) is 0 Å². The SMILES string of the molecule is Fc1ccc(-c2nn3c(c2-c2c(F)cnc4[nH]ncc24)CC(F)(F)CC3)cc1. The normalized spacial score (nSPS) is 15.7. The van der Waals surface area contributed by atoms with Crippen LogP contribution >= 0.6 is 0 Å². The fraction of sp³-hybridized carbons (Fsp3) is 0.211. The number of halogens is 4. The lowest BCUT2D eigenvalue weighted by Gasteiger charge is -2.23. The summed E-state index contributed by atoms with van der Waals surface area (Å²) in [5.41, 5.74) is 1.77. The first-order chi connectivity index (χ1) is 13.4. The number of alkyl halides is 2. The quantitative estimate of drug-likeness (QED) is 0.521. The Bertz CT molecular complexity index is 1190. The van der Waals surface area contributed by atoms with Crippen LogP contribution in [0.3, 0.4) is 0 Å². The van der Waals surface area contributed by atoms with Crippen molar-refractivity contribution in [1.82, 2.24) is 25.0 Å². The minimum Gasteiger partial charge on any atom is -0.268 e. The number of aromatic nitrogens is 5. The third kappa shape index (κ3) is 2.57. The van der Waals surface area contributed by atoms with Gasteiger partial charge in [-0.15, -0.1) is 0 Å². The number of aromatic amines is 1. The molecule has 1 aliphatic heterocycles. The number of benzene rings is 1. The summed E-state index contributed by atoms with van der Waals surface area (Å²) in [7, 11) is 0. The van der Waals surface area contributed by atoms with Crippen molar-refractivity contribution in [3.05, 3.63) is 54.0 Å². The van der Waals surface area contributed by atoms with Crippen LogP contribution in [-0.2, 0) is 13.0 Å². The fourth-order valence-corrected chi connectivity index (χ4v) is 3.67. The van der Waals surface area contributed by atoms with Gasteiger partial charge in [0.05, 0.1) is 24.5 Å². The highest BCUT2D eigenvalue weighted by Gasteiger charge is 2.38. The lowest BCUT2D eigenvalue weighted by molar-refractivity contribution is -0.0241. The van der Waals surface area contributed by atoms with Crippen molar-refractivity contribution in [2.75, 3.05) is 0 Å². The maximum absolute atomic E-state index is 14.9. The van der Waals surface area contributed by atoms with Gasteiger partial charge in [-0.3, -0.25) is 9.78 Å². The smallest absolute Gasteiger partial charge is 0.255 e. The maximum Gasteiger partial charge on any atom is 0.255 e. The molecular weight excluding hydrogens is 374 g/mol. The van der Waals surface area contributed by atoms with E-state index in [0.29, 0.717) is 22.3 Å². The van der Waals surface area contributed by atoms with E-state index >= 15 is 0 Å². The fourth-order valence-electron chi connectivity index (χ4n) is 3.67. The minimum atomic E-state index is -2.91. The van der Waals surface area contributed by atoms with Gasteiger partial charge in [0, 0.05) is 35.0 Å². The van der Waals surface area contributed by atoms with E-state index in [4.69, 9.17) is 0 Å². The molecule has 142 valence electrons. The Hall–Kier alpha value is -3.23. The molecule has 28 heavy (non-hydrogen) atoms. The first-order valence-corrected chi connectivity index (χ1v) is 8.64. The van der Waals surface area contributed by atoms with E-state index in [0.717, 1.165) is 6.20 Å². The monoisotopic (exact) mass is 387 g/mol. The zero-order valence-electron chi connectivity index (χ0n) is 14.4. The van der Waals surface area contributed by atoms with Crippen molar-refractivity contribution >= 4 is 11.0 Å². The molecule has 4 aromatic rings. The third-order valence-corrected chi connectivity index (χ3v) is 4.98. The molecule has 0 radical (unpaired) electrons. The van der Waals surface area contributed by atoms with Gasteiger partial charge in [0.15, 0.2) is 5.65 Å². The van der Waals surface area contributed by atoms with Crippen LogP contribution in [0, 0.1) is 11.6 Å². The highest BCUT2D eigenvalue weighted by molar-refractivity contribution is 5.97. The summed E-state index contributed by atoms with van der Waals surface area (Å²) in [4.78, 5) is 3.95. The molecule has 0 saturated carbocycles. The Labute approximate surface area is 156 Å². The molecule has 1 aromatic carbocycles. The van der Waals surface area contributed by atoms with Gasteiger partial charge < -0.3 is 0 Å². The van der Waals surface area contributed by atoms with Crippen molar-refractivity contribution in [3.63, 3.8) is 0 Å². The van der Waals surface area contributed by atoms with Crippen molar-refractivity contribution in [2.45, 2.75) is 25.3 Å². The van der Waals surface area contributed by atoms with Crippen molar-refractivity contribution in [1.29, 1.82) is 0 Å². The van der Waals surface area contributed by atoms with Crippen LogP contribution in [0.25, 0.3) is 33.4 Å². The second kappa shape index (κ2) is 5.88. The molecule has 0 atom stereocenters. The van der Waals surface area contributed by atoms with Gasteiger partial charge >= 0.3 is 0 Å². The van der Waals surface area contributed by atoms with Gasteiger partial charge in [0.25, 0.3) is 5.92 Å². The lowest BCUT2D eigenvalue weighted by Crippen LogP contribution is -2.29. The first-order valence-electron chi connectivity index (χ1n) is 8.64. The number of pyridine rings is 1. The second-order valence-electron chi connectivity index (χ2n) is 6.80. The maximum atomic E-state index is 14.9. The molecule has 0 unspecified atom stereocenters. The van der Waals surface area contributed by atoms with Gasteiger partial charge in [-0.2, -0.15) is 10.2 Å². The van der Waals surface area contributed by atoms with Crippen LogP contribution in [0.15, 0.2) is 36.7 Å². The topological polar surface area (TPSA) is 59.4 Å². The van der Waals surface area contributed by atoms with E-state index < -0.39 is 24.0 Å². The number of hydrogen-bond acceptors (Lipinski definition) is 3. The summed E-state index contributed by atoms with van der Waals surface area (Å²) < 4.78 is 58.1. The van der Waals surface area contributed by atoms with Gasteiger partial charge in [0.2, 0.25) is 0 Å². The van der Waals surface area contributed by atoms with E-state index in [2.05, 4.69) is 20.3 Å². The van der Waals surface area contributed by atoms with E-state index in [-0.39, 0.29) is 29.8 Å². The molecule has 0 saturated heterocycles. The summed E-state index contributed by atoms with van der Waals surface area (Å²) >= 11 is 0. The average molecular weight is 387 g/mol. The Morgan fingerprint density at radius 3 is 2.61 bits per heavy atom. The standard InChI is InChI=1S/C19H13F4N5/c20-11-3-1-10(2-4-11)17-16(14-7-19(22,23)5-6-28(14)27-17)15-12-8-25-26-18(12)24-9-13(15)21/h1-4,8-9H,5-7H2,(H,24,25,26). The van der Waals surface area contributed by atoms with Crippen LogP contribution in [0.1, 0.15) is 12.1 Å². The van der Waals surface area contributed by atoms with Gasteiger partial charge in [-0.05, 0) is 24.3 Å². The van der Waals surface area contributed by atoms with Crippen molar-refractivity contribution in [2.24, 2.45) is 0 Å². The summed E-state index contributed by atoms with van der Waals surface area (Å²) in [6.45, 7) is 0.0117. The summed E-state index contributed by atoms with van der Waals surface area (Å²) in [5.74, 6) is -4.01. The molecule has 9 heteroatoms. The Balaban J connectivity index is 1.85. The van der Waals surface area contributed by atoms with Crippen molar-refractivity contribution in [3.8, 4) is 22.4 Å². The summed E-state index contributed by atoms with van der Waals surface area (Å²) in [5, 5.41) is 11.4. The average Bonchev–Trinajstić information content (AvgIpc) is 3.26. The Morgan fingerprint density at radius 1 is 1.04 bits per heavy atom. The third-order valence-electron chi connectivity index (χ3n) is 4.98. The molecule has 1 N–H and O–H groups in total. The van der Waals surface area contributed by atoms with Crippen LogP contribution < -0.4 is 0 Å². The molecule has 1 aliphatic rings. The Morgan fingerprint density at radius 2 is 1.82 bits per heavy atom. The van der Waals surface area contributed by atoms with E-state index in [9.17, 15) is 17.6 Å². The predicted molar refractivity (Wildman–Crippen MR) is 93.7 cm³/mol. The molecule has 0 bridgehead atoms. The minimum absolute atomic E-state index is 0.0117. The van der Waals surface area contributed by atoms with Crippen LogP contribution in [-0.4, -0.2) is 30.9 Å². The molecule has 0 spiro atoms. The summed E-state index contributed by atoms with van der Waals surface area (Å²) in [6.07, 6.45) is 1.52. The summed E-state index contributed by atoms with van der Waals surface area (Å²) in [6, 6.07) is 5.50. The number of rotatable bonds is 2. The largest absolute Gasteiger partial charge is 0.268 e. The number of nitrogens with one attached hydrogen (secondary N) is 1. The molecular formula is C19H13F4N5. The first kappa shape index (κ1) is 16.9. The van der Waals surface area contributed by atoms with E-state index in [1.165, 1.54) is 35.1 Å². The number of aryl methyl sites for hydroxylation is 1. The van der Waals surface area contributed by atoms with Gasteiger partial charge in [0.1, 0.15) is 17.3 Å². The molecule has 3 aromatic heterocycles. The zero-order valence-corrected chi connectivity index (χ0v) is 14.4. The molecule has 0 fully saturated rings. The predicted octanol–water partition coefficient (Wildman–Crippen LogP) is 4.35. The van der Waals surface area contributed by atoms with E-state index in [1.54, 1.807) is 0 Å². The van der Waals surface area contributed by atoms with Crippen molar-refractivity contribution < 1.29 is 17.6 Å².